The second-order valence-electron chi connectivity index (χ2n) is 11.3. The van der Waals surface area contributed by atoms with Crippen molar-refractivity contribution in [2.24, 2.45) is 17.8 Å². The molecular weight excluding hydrogens is 562 g/mol. The molecule has 10 nitrogen and oxygen atoms in total. The summed E-state index contributed by atoms with van der Waals surface area (Å²) in [4.78, 5) is 43.7. The van der Waals surface area contributed by atoms with E-state index in [-0.39, 0.29) is 30.0 Å². The third-order valence-corrected chi connectivity index (χ3v) is 8.51. The Labute approximate surface area is 255 Å². The fraction of sp³-hybridized carbons (Fsp3) is 0.324. The minimum atomic E-state index is -0.989. The minimum absolute atomic E-state index is 0.124. The SMILES string of the molecule is CCCC1=C([C@H](O)CC/C(=C/c2ccc(O)cc2)c2ccccn2)[C@H](CO)[C@@H]2C(=O)N(c3cccc([N+](=O)[O-])c3)C(=O)[C@@H]2C1. The maximum Gasteiger partial charge on any atom is 0.271 e. The predicted molar refractivity (Wildman–Crippen MR) is 165 cm³/mol. The number of phenols is 1. The Bertz CT molecular complexity index is 1600. The monoisotopic (exact) mass is 597 g/mol. The van der Waals surface area contributed by atoms with E-state index in [1.807, 2.05) is 31.2 Å². The van der Waals surface area contributed by atoms with Crippen LogP contribution in [-0.2, 0) is 9.59 Å². The summed E-state index contributed by atoms with van der Waals surface area (Å²) in [6, 6.07) is 17.8. The number of benzene rings is 2. The van der Waals surface area contributed by atoms with Crippen molar-refractivity contribution in [2.75, 3.05) is 11.5 Å². The van der Waals surface area contributed by atoms with Gasteiger partial charge in [-0.1, -0.05) is 43.2 Å². The number of phenolic OH excluding ortho intramolecular Hbond substituents is 1. The van der Waals surface area contributed by atoms with Gasteiger partial charge >= 0.3 is 0 Å². The van der Waals surface area contributed by atoms with E-state index in [1.165, 1.54) is 24.3 Å². The number of rotatable bonds is 11. The van der Waals surface area contributed by atoms with E-state index in [0.717, 1.165) is 33.7 Å². The molecule has 2 aromatic carbocycles. The van der Waals surface area contributed by atoms with Crippen LogP contribution >= 0.6 is 0 Å². The Balaban J connectivity index is 1.45. The van der Waals surface area contributed by atoms with Crippen LogP contribution in [0, 0.1) is 27.9 Å². The lowest BCUT2D eigenvalue weighted by Crippen LogP contribution is -2.39. The predicted octanol–water partition coefficient (Wildman–Crippen LogP) is 5.29. The van der Waals surface area contributed by atoms with Crippen molar-refractivity contribution in [1.82, 2.24) is 4.98 Å². The lowest BCUT2D eigenvalue weighted by atomic mass is 9.67. The van der Waals surface area contributed by atoms with Crippen LogP contribution in [0.2, 0.25) is 0 Å². The average Bonchev–Trinajstić information content (AvgIpc) is 3.28. The van der Waals surface area contributed by atoms with Crippen LogP contribution in [-0.4, -0.2) is 49.8 Å². The van der Waals surface area contributed by atoms with Gasteiger partial charge in [0, 0.05) is 24.2 Å². The van der Waals surface area contributed by atoms with Gasteiger partial charge in [-0.3, -0.25) is 24.7 Å². The Kier molecular flexibility index (Phi) is 9.32. The van der Waals surface area contributed by atoms with Crippen molar-refractivity contribution in [1.29, 1.82) is 0 Å². The van der Waals surface area contributed by atoms with Gasteiger partial charge in [0.05, 0.1) is 40.9 Å². The van der Waals surface area contributed by atoms with E-state index in [1.54, 1.807) is 30.5 Å². The number of nitro benzene ring substituents is 1. The third kappa shape index (κ3) is 6.17. The van der Waals surface area contributed by atoms with Crippen molar-refractivity contribution < 1.29 is 29.8 Å². The molecule has 1 fully saturated rings. The molecule has 2 heterocycles. The van der Waals surface area contributed by atoms with Crippen molar-refractivity contribution in [3.8, 4) is 5.75 Å². The molecule has 0 unspecified atom stereocenters. The smallest absolute Gasteiger partial charge is 0.271 e. The number of amides is 2. The highest BCUT2D eigenvalue weighted by Crippen LogP contribution is 2.48. The van der Waals surface area contributed by atoms with Crippen molar-refractivity contribution in [2.45, 2.75) is 45.1 Å². The fourth-order valence-electron chi connectivity index (χ4n) is 6.54. The number of anilines is 1. The summed E-state index contributed by atoms with van der Waals surface area (Å²) in [6.07, 6.45) is 4.99. The van der Waals surface area contributed by atoms with Gasteiger partial charge in [0.2, 0.25) is 11.8 Å². The van der Waals surface area contributed by atoms with Crippen molar-refractivity contribution in [3.63, 3.8) is 0 Å². The van der Waals surface area contributed by atoms with Gasteiger partial charge in [0.15, 0.2) is 0 Å². The van der Waals surface area contributed by atoms with Crippen LogP contribution in [0.4, 0.5) is 11.4 Å². The van der Waals surface area contributed by atoms with Gasteiger partial charge in [0.25, 0.3) is 5.69 Å². The van der Waals surface area contributed by atoms with E-state index in [9.17, 15) is 35.0 Å². The molecule has 10 heteroatoms. The van der Waals surface area contributed by atoms with E-state index >= 15 is 0 Å². The molecule has 3 N–H and O–H groups in total. The first-order chi connectivity index (χ1) is 21.2. The Morgan fingerprint density at radius 2 is 1.89 bits per heavy atom. The van der Waals surface area contributed by atoms with Crippen LogP contribution in [0.1, 0.15) is 50.3 Å². The Morgan fingerprint density at radius 3 is 2.55 bits per heavy atom. The van der Waals surface area contributed by atoms with E-state index < -0.39 is 47.2 Å². The lowest BCUT2D eigenvalue weighted by molar-refractivity contribution is -0.384. The number of carbonyl (C=O) groups excluding carboxylic acids is 2. The first-order valence-electron chi connectivity index (χ1n) is 14.8. The van der Waals surface area contributed by atoms with Crippen molar-refractivity contribution >= 4 is 34.8 Å². The van der Waals surface area contributed by atoms with Gasteiger partial charge < -0.3 is 15.3 Å². The van der Waals surface area contributed by atoms with Gasteiger partial charge in [-0.05, 0) is 78.8 Å². The number of allylic oxidation sites excluding steroid dienone is 2. The molecular formula is C34H35N3O7. The topological polar surface area (TPSA) is 154 Å². The quantitative estimate of drug-likeness (QED) is 0.117. The van der Waals surface area contributed by atoms with Gasteiger partial charge in [-0.25, -0.2) is 4.90 Å². The van der Waals surface area contributed by atoms with Crippen LogP contribution in [0.5, 0.6) is 5.75 Å². The average molecular weight is 598 g/mol. The first kappa shape index (κ1) is 30.8. The summed E-state index contributed by atoms with van der Waals surface area (Å²) in [5, 5.41) is 43.4. The van der Waals surface area contributed by atoms with Crippen LogP contribution < -0.4 is 4.90 Å². The molecule has 0 radical (unpaired) electrons. The van der Waals surface area contributed by atoms with E-state index in [2.05, 4.69) is 4.98 Å². The highest BCUT2D eigenvalue weighted by Gasteiger charge is 2.55. The normalized spacial score (nSPS) is 21.0. The number of nitrogens with zero attached hydrogens (tertiary/aromatic N) is 3. The number of hydrogen-bond acceptors (Lipinski definition) is 8. The molecule has 3 aromatic rings. The molecule has 0 bridgehead atoms. The molecule has 4 atom stereocenters. The zero-order valence-electron chi connectivity index (χ0n) is 24.4. The molecule has 5 rings (SSSR count). The van der Waals surface area contributed by atoms with Crippen LogP contribution in [0.25, 0.3) is 11.6 Å². The Morgan fingerprint density at radius 1 is 1.11 bits per heavy atom. The molecule has 1 aromatic heterocycles. The maximum absolute atomic E-state index is 13.8. The third-order valence-electron chi connectivity index (χ3n) is 8.51. The van der Waals surface area contributed by atoms with Gasteiger partial charge in [0.1, 0.15) is 5.75 Å². The minimum Gasteiger partial charge on any atom is -0.508 e. The molecule has 228 valence electrons. The second kappa shape index (κ2) is 13.3. The zero-order chi connectivity index (χ0) is 31.4. The molecule has 0 saturated carbocycles. The fourth-order valence-corrected chi connectivity index (χ4v) is 6.54. The highest BCUT2D eigenvalue weighted by molar-refractivity contribution is 6.22. The number of hydrogen-bond donors (Lipinski definition) is 3. The summed E-state index contributed by atoms with van der Waals surface area (Å²) < 4.78 is 0. The van der Waals surface area contributed by atoms with E-state index in [0.29, 0.717) is 18.4 Å². The second-order valence-corrected chi connectivity index (χ2v) is 11.3. The number of pyridine rings is 1. The summed E-state index contributed by atoms with van der Waals surface area (Å²) in [5.74, 6) is -3.21. The number of aliphatic hydroxyl groups excluding tert-OH is 2. The number of aromatic hydroxyl groups is 1. The summed E-state index contributed by atoms with van der Waals surface area (Å²) >= 11 is 0. The molecule has 2 aliphatic rings. The number of imide groups is 1. The molecule has 1 saturated heterocycles. The number of aliphatic hydroxyl groups is 2. The zero-order valence-corrected chi connectivity index (χ0v) is 24.4. The highest BCUT2D eigenvalue weighted by atomic mass is 16.6. The number of aromatic nitrogens is 1. The molecule has 1 aliphatic heterocycles. The van der Waals surface area contributed by atoms with Gasteiger partial charge in [-0.15, -0.1) is 0 Å². The Hall–Kier alpha value is -4.67. The van der Waals surface area contributed by atoms with Gasteiger partial charge in [-0.2, -0.15) is 0 Å². The van der Waals surface area contributed by atoms with Crippen molar-refractivity contribution in [3.05, 3.63) is 105 Å². The van der Waals surface area contributed by atoms with Crippen LogP contribution in [0.3, 0.4) is 0 Å². The maximum atomic E-state index is 13.8. The first-order valence-corrected chi connectivity index (χ1v) is 14.8. The number of fused-ring (bicyclic) bond motifs is 1. The lowest BCUT2D eigenvalue weighted by Gasteiger charge is -2.36. The molecule has 44 heavy (non-hydrogen) atoms. The number of nitro groups is 1. The number of carbonyl (C=O) groups is 2. The van der Waals surface area contributed by atoms with Crippen LogP contribution in [0.15, 0.2) is 84.1 Å². The summed E-state index contributed by atoms with van der Waals surface area (Å²) in [6.45, 7) is 1.56. The largest absolute Gasteiger partial charge is 0.508 e. The standard InChI is InChI=1S/C34H35N3O7/c1-2-6-23-18-27-32(34(42)36(33(27)41)24-7-5-8-25(19-24)37(43)44)28(20-38)31(23)30(40)15-12-22(29-9-3-4-16-35-29)17-21-10-13-26(39)14-11-21/h3-5,7-11,13-14,16-17,19,27-28,30,32,38-40H,2,6,12,15,18,20H2,1H3/b22-17-/t27-,28+,30-,32-/m1/s1. The summed E-state index contributed by atoms with van der Waals surface area (Å²) in [7, 11) is 0. The van der Waals surface area contributed by atoms with E-state index in [4.69, 9.17) is 0 Å². The number of non-ortho nitro benzene ring substituents is 1. The summed E-state index contributed by atoms with van der Waals surface area (Å²) in [5.41, 5.74) is 3.81. The molecule has 0 spiro atoms. The molecule has 2 amide bonds. The molecule has 1 aliphatic carbocycles.